The SMILES string of the molecule is CC(=O)N1CCC(C)(NC(=O)Cc2nc(C)nc(N[C@H](C)c3cccc(S(F)(F)(F)(F)F)c3)c2C2OCCO2)CC1. The summed E-state index contributed by atoms with van der Waals surface area (Å²) in [4.78, 5) is 33.4. The van der Waals surface area contributed by atoms with Crippen molar-refractivity contribution in [2.75, 3.05) is 31.6 Å². The summed E-state index contributed by atoms with van der Waals surface area (Å²) >= 11 is 0. The molecule has 0 radical (unpaired) electrons. The molecule has 3 heterocycles. The number of nitrogens with zero attached hydrogens (tertiary/aromatic N) is 3. The van der Waals surface area contributed by atoms with Crippen LogP contribution in [-0.4, -0.2) is 58.5 Å². The second-order valence-corrected chi connectivity index (χ2v) is 13.2. The first-order valence-electron chi connectivity index (χ1n) is 13.1. The molecule has 0 bridgehead atoms. The lowest BCUT2D eigenvalue weighted by molar-refractivity contribution is -0.130. The van der Waals surface area contributed by atoms with E-state index >= 15 is 0 Å². The van der Waals surface area contributed by atoms with Crippen LogP contribution < -0.4 is 10.6 Å². The zero-order valence-electron chi connectivity index (χ0n) is 23.2. The van der Waals surface area contributed by atoms with Gasteiger partial charge in [0.1, 0.15) is 16.5 Å². The van der Waals surface area contributed by atoms with E-state index in [1.54, 1.807) is 11.8 Å². The van der Waals surface area contributed by atoms with Crippen molar-refractivity contribution in [1.82, 2.24) is 20.2 Å². The number of halogens is 5. The molecule has 2 N–H and O–H groups in total. The fraction of sp³-hybridized carbons (Fsp3) is 0.538. The van der Waals surface area contributed by atoms with Crippen LogP contribution >= 0.6 is 10.2 Å². The van der Waals surface area contributed by atoms with Crippen molar-refractivity contribution >= 4 is 27.9 Å². The summed E-state index contributed by atoms with van der Waals surface area (Å²) < 4.78 is 78.5. The summed E-state index contributed by atoms with van der Waals surface area (Å²) in [7, 11) is -9.88. The number of aryl methyl sites for hydroxylation is 1. The molecule has 41 heavy (non-hydrogen) atoms. The molecule has 2 aliphatic rings. The van der Waals surface area contributed by atoms with Gasteiger partial charge in [-0.2, -0.15) is 0 Å². The number of ether oxygens (including phenoxy) is 2. The highest BCUT2D eigenvalue weighted by atomic mass is 32.5. The van der Waals surface area contributed by atoms with Gasteiger partial charge in [-0.05, 0) is 51.3 Å². The number of hydrogen-bond acceptors (Lipinski definition) is 7. The Morgan fingerprint density at radius 1 is 1.12 bits per heavy atom. The maximum absolute atomic E-state index is 13.4. The molecule has 1 atom stereocenters. The second kappa shape index (κ2) is 10.3. The molecule has 0 unspecified atom stereocenters. The molecule has 2 aromatic rings. The van der Waals surface area contributed by atoms with Crippen molar-refractivity contribution in [3.05, 3.63) is 46.9 Å². The lowest BCUT2D eigenvalue weighted by atomic mass is 9.89. The van der Waals surface area contributed by atoms with Crippen LogP contribution in [0.15, 0.2) is 29.2 Å². The fourth-order valence-corrected chi connectivity index (χ4v) is 5.64. The average molecular weight is 608 g/mol. The zero-order chi connectivity index (χ0) is 30.3. The number of rotatable bonds is 8. The molecular weight excluding hydrogens is 573 g/mol. The van der Waals surface area contributed by atoms with Gasteiger partial charge in [0.05, 0.1) is 30.9 Å². The van der Waals surface area contributed by atoms with Gasteiger partial charge in [0, 0.05) is 31.6 Å². The van der Waals surface area contributed by atoms with Gasteiger partial charge in [0.25, 0.3) is 0 Å². The van der Waals surface area contributed by atoms with Crippen molar-refractivity contribution in [3.8, 4) is 0 Å². The highest BCUT2D eigenvalue weighted by molar-refractivity contribution is 8.45. The van der Waals surface area contributed by atoms with Crippen LogP contribution in [0.5, 0.6) is 0 Å². The smallest absolute Gasteiger partial charge is 0.310 e. The normalized spacial score (nSPS) is 20.2. The number of likely N-dealkylation sites (tertiary alicyclic amines) is 1. The fourth-order valence-electron chi connectivity index (χ4n) is 4.94. The number of anilines is 1. The van der Waals surface area contributed by atoms with Gasteiger partial charge in [-0.3, -0.25) is 9.59 Å². The van der Waals surface area contributed by atoms with Crippen molar-refractivity contribution in [1.29, 1.82) is 0 Å². The summed E-state index contributed by atoms with van der Waals surface area (Å²) in [6.07, 6.45) is 0.0334. The van der Waals surface area contributed by atoms with Crippen LogP contribution in [0, 0.1) is 6.92 Å². The highest BCUT2D eigenvalue weighted by Gasteiger charge is 2.65. The van der Waals surface area contributed by atoms with Crippen LogP contribution in [0.4, 0.5) is 25.2 Å². The van der Waals surface area contributed by atoms with Crippen molar-refractivity contribution < 1.29 is 38.5 Å². The largest absolute Gasteiger partial charge is 0.363 e. The van der Waals surface area contributed by atoms with E-state index in [9.17, 15) is 29.0 Å². The number of carbonyl (C=O) groups excluding carboxylic acids is 2. The first kappa shape index (κ1) is 30.9. The minimum atomic E-state index is -9.88. The van der Waals surface area contributed by atoms with Gasteiger partial charge in [-0.15, -0.1) is 0 Å². The number of benzene rings is 1. The van der Waals surface area contributed by atoms with Crippen molar-refractivity contribution in [2.24, 2.45) is 0 Å². The van der Waals surface area contributed by atoms with Gasteiger partial charge in [0.2, 0.25) is 11.8 Å². The molecule has 2 fully saturated rings. The molecule has 2 amide bonds. The van der Waals surface area contributed by atoms with Crippen molar-refractivity contribution in [2.45, 2.75) is 69.7 Å². The molecule has 0 saturated carbocycles. The molecule has 0 aliphatic carbocycles. The minimum absolute atomic E-state index is 0.0226. The highest BCUT2D eigenvalue weighted by Crippen LogP contribution is 3.02. The van der Waals surface area contributed by atoms with Gasteiger partial charge >= 0.3 is 10.2 Å². The third kappa shape index (κ3) is 7.63. The van der Waals surface area contributed by atoms with E-state index in [0.29, 0.717) is 49.3 Å². The predicted molar refractivity (Wildman–Crippen MR) is 143 cm³/mol. The molecule has 1 aromatic heterocycles. The minimum Gasteiger partial charge on any atom is -0.363 e. The summed E-state index contributed by atoms with van der Waals surface area (Å²) in [5.41, 5.74) is 0.0164. The monoisotopic (exact) mass is 607 g/mol. The Kier molecular flexibility index (Phi) is 7.80. The summed E-state index contributed by atoms with van der Waals surface area (Å²) in [6.45, 7) is 8.06. The molecule has 2 aliphatic heterocycles. The summed E-state index contributed by atoms with van der Waals surface area (Å²) in [5, 5.41) is 6.03. The van der Waals surface area contributed by atoms with E-state index in [4.69, 9.17) is 9.47 Å². The zero-order valence-corrected chi connectivity index (χ0v) is 24.0. The standard InChI is InChI=1S/C26H34F5N5O4S/c1-16(19-6-5-7-20(14-19)41(27,28,29,30)31)32-24-23(25-39-12-13-40-25)21(33-17(2)34-24)15-22(38)35-26(4)8-10-36(11-9-26)18(3)37/h5-7,14,16,25H,8-13,15H2,1-4H3,(H,35,38)(H,32,33,34)/t16-/m1/s1. The Morgan fingerprint density at radius 3 is 2.34 bits per heavy atom. The van der Waals surface area contributed by atoms with Gasteiger partial charge in [-0.1, -0.05) is 31.6 Å². The van der Waals surface area contributed by atoms with E-state index in [-0.39, 0.29) is 48.7 Å². The number of nitrogens with one attached hydrogen (secondary N) is 2. The molecule has 1 aromatic carbocycles. The molecule has 228 valence electrons. The molecule has 15 heteroatoms. The van der Waals surface area contributed by atoms with E-state index in [0.717, 1.165) is 6.07 Å². The van der Waals surface area contributed by atoms with Gasteiger partial charge < -0.3 is 25.0 Å². The molecular formula is C26H34F5N5O4S. The van der Waals surface area contributed by atoms with Crippen molar-refractivity contribution in [3.63, 3.8) is 0 Å². The Balaban J connectivity index is 1.59. The Bertz CT molecular complexity index is 1330. The first-order valence-corrected chi connectivity index (χ1v) is 15.1. The number of piperidine rings is 1. The molecule has 2 saturated heterocycles. The molecule has 9 nitrogen and oxygen atoms in total. The van der Waals surface area contributed by atoms with Crippen LogP contribution in [-0.2, 0) is 25.5 Å². The van der Waals surface area contributed by atoms with Gasteiger partial charge in [-0.25, -0.2) is 9.97 Å². The maximum Gasteiger partial charge on any atom is 0.310 e. The predicted octanol–water partition coefficient (Wildman–Crippen LogP) is 5.72. The van der Waals surface area contributed by atoms with Crippen LogP contribution in [0.2, 0.25) is 0 Å². The summed E-state index contributed by atoms with van der Waals surface area (Å²) in [6, 6.07) is 2.10. The first-order chi connectivity index (χ1) is 18.8. The molecule has 0 spiro atoms. The Morgan fingerprint density at radius 2 is 1.76 bits per heavy atom. The van der Waals surface area contributed by atoms with E-state index < -0.39 is 33.0 Å². The number of aromatic nitrogens is 2. The van der Waals surface area contributed by atoms with Crippen LogP contribution in [0.1, 0.15) is 68.6 Å². The number of hydrogen-bond donors (Lipinski definition) is 2. The van der Waals surface area contributed by atoms with E-state index in [2.05, 4.69) is 20.6 Å². The quantitative estimate of drug-likeness (QED) is 0.370. The van der Waals surface area contributed by atoms with E-state index in [1.165, 1.54) is 19.9 Å². The number of carbonyl (C=O) groups is 2. The lowest BCUT2D eigenvalue weighted by Crippen LogP contribution is -2.54. The Labute approximate surface area is 234 Å². The van der Waals surface area contributed by atoms with Crippen LogP contribution in [0.3, 0.4) is 0 Å². The maximum atomic E-state index is 13.4. The topological polar surface area (TPSA) is 106 Å². The third-order valence-corrected chi connectivity index (χ3v) is 8.38. The van der Waals surface area contributed by atoms with Crippen LogP contribution in [0.25, 0.3) is 0 Å². The van der Waals surface area contributed by atoms with Gasteiger partial charge in [0.15, 0.2) is 6.29 Å². The average Bonchev–Trinajstić information content (AvgIpc) is 3.37. The lowest BCUT2D eigenvalue weighted by Gasteiger charge is -2.40. The van der Waals surface area contributed by atoms with E-state index in [1.807, 2.05) is 6.92 Å². The second-order valence-electron chi connectivity index (χ2n) is 10.8. The molecule has 4 rings (SSSR count). The third-order valence-electron chi connectivity index (χ3n) is 7.23. The summed E-state index contributed by atoms with van der Waals surface area (Å²) in [5.74, 6) is 0.0682. The number of amides is 2. The Hall–Kier alpha value is -3.04.